The largest absolute Gasteiger partial charge is 0.369 e. The van der Waals surface area contributed by atoms with Crippen LogP contribution in [0.5, 0.6) is 0 Å². The average molecular weight is 358 g/mol. The molecule has 0 aliphatic carbocycles. The Kier molecular flexibility index (Phi) is 5.61. The van der Waals surface area contributed by atoms with Gasteiger partial charge in [-0.05, 0) is 43.2 Å². The van der Waals surface area contributed by atoms with E-state index in [-0.39, 0.29) is 5.91 Å². The van der Waals surface area contributed by atoms with E-state index in [2.05, 4.69) is 28.1 Å². The predicted molar refractivity (Wildman–Crippen MR) is 105 cm³/mol. The fourth-order valence-corrected chi connectivity index (χ4v) is 3.34. The molecule has 0 saturated carbocycles. The molecule has 0 aromatic heterocycles. The number of para-hydroxylation sites is 1. The summed E-state index contributed by atoms with van der Waals surface area (Å²) < 4.78 is 0. The van der Waals surface area contributed by atoms with Crippen molar-refractivity contribution in [3.05, 3.63) is 58.6 Å². The van der Waals surface area contributed by atoms with Gasteiger partial charge in [-0.3, -0.25) is 9.69 Å². The van der Waals surface area contributed by atoms with Crippen molar-refractivity contribution in [3.8, 4) is 0 Å². The number of nitrogens with zero attached hydrogens (tertiary/aromatic N) is 2. The maximum Gasteiger partial charge on any atom is 0.238 e. The van der Waals surface area contributed by atoms with Gasteiger partial charge in [0, 0.05) is 42.6 Å². The van der Waals surface area contributed by atoms with Crippen LogP contribution in [0.15, 0.2) is 42.5 Å². The van der Waals surface area contributed by atoms with Gasteiger partial charge in [0.15, 0.2) is 0 Å². The number of hydrogen-bond acceptors (Lipinski definition) is 3. The lowest BCUT2D eigenvalue weighted by Crippen LogP contribution is -2.48. The summed E-state index contributed by atoms with van der Waals surface area (Å²) in [4.78, 5) is 16.8. The van der Waals surface area contributed by atoms with Crippen LogP contribution in [0.2, 0.25) is 5.02 Å². The fraction of sp³-hybridized carbons (Fsp3) is 0.350. The van der Waals surface area contributed by atoms with Gasteiger partial charge in [0.05, 0.1) is 6.54 Å². The summed E-state index contributed by atoms with van der Waals surface area (Å²) in [6, 6.07) is 13.9. The highest BCUT2D eigenvalue weighted by Crippen LogP contribution is 2.25. The number of hydrogen-bond donors (Lipinski definition) is 1. The summed E-state index contributed by atoms with van der Waals surface area (Å²) in [6.45, 7) is 8.07. The first kappa shape index (κ1) is 17.8. The minimum absolute atomic E-state index is 0.0432. The number of aryl methyl sites for hydroxylation is 2. The van der Waals surface area contributed by atoms with Crippen molar-refractivity contribution in [1.82, 2.24) is 4.90 Å². The molecule has 0 bridgehead atoms. The molecule has 1 saturated heterocycles. The van der Waals surface area contributed by atoms with E-state index in [1.54, 1.807) is 0 Å². The Bertz CT molecular complexity index is 754. The first-order valence-electron chi connectivity index (χ1n) is 8.62. The summed E-state index contributed by atoms with van der Waals surface area (Å²) in [7, 11) is 0. The van der Waals surface area contributed by atoms with Crippen LogP contribution in [0.1, 0.15) is 11.1 Å². The molecule has 1 aliphatic rings. The fourth-order valence-electron chi connectivity index (χ4n) is 3.18. The Morgan fingerprint density at radius 1 is 1.04 bits per heavy atom. The summed E-state index contributed by atoms with van der Waals surface area (Å²) in [5.41, 5.74) is 4.39. The molecule has 1 aliphatic heterocycles. The second-order valence-corrected chi connectivity index (χ2v) is 6.99. The van der Waals surface area contributed by atoms with Crippen molar-refractivity contribution in [2.24, 2.45) is 0 Å². The highest BCUT2D eigenvalue weighted by atomic mass is 35.5. The molecule has 3 rings (SSSR count). The molecule has 1 N–H and O–H groups in total. The predicted octanol–water partition coefficient (Wildman–Crippen LogP) is 3.72. The number of piperazine rings is 1. The Hall–Kier alpha value is -2.04. The van der Waals surface area contributed by atoms with Crippen molar-refractivity contribution in [2.45, 2.75) is 13.8 Å². The van der Waals surface area contributed by atoms with Crippen LogP contribution >= 0.6 is 11.6 Å². The van der Waals surface area contributed by atoms with Crippen molar-refractivity contribution in [1.29, 1.82) is 0 Å². The number of anilines is 2. The number of nitrogens with one attached hydrogen (secondary N) is 1. The summed E-state index contributed by atoms with van der Waals surface area (Å²) in [5, 5.41) is 3.77. The highest BCUT2D eigenvalue weighted by molar-refractivity contribution is 6.30. The van der Waals surface area contributed by atoms with Crippen LogP contribution in [0.25, 0.3) is 0 Å². The lowest BCUT2D eigenvalue weighted by atomic mass is 10.1. The maximum atomic E-state index is 12.3. The number of carbonyl (C=O) groups is 1. The molecule has 2 aromatic carbocycles. The number of carbonyl (C=O) groups excluding carboxylic acids is 1. The normalized spacial score (nSPS) is 15.2. The summed E-state index contributed by atoms with van der Waals surface area (Å²) in [5.74, 6) is 0.0432. The molecule has 2 aromatic rings. The van der Waals surface area contributed by atoms with Crippen molar-refractivity contribution >= 4 is 28.9 Å². The molecule has 1 amide bonds. The quantitative estimate of drug-likeness (QED) is 0.905. The molecule has 0 atom stereocenters. The van der Waals surface area contributed by atoms with Crippen LogP contribution in [-0.2, 0) is 4.79 Å². The SMILES string of the molecule is Cc1ccccc1NC(=O)CN1CCN(c2cc(Cl)ccc2C)CC1. The first-order valence-corrected chi connectivity index (χ1v) is 8.99. The second-order valence-electron chi connectivity index (χ2n) is 6.56. The van der Waals surface area contributed by atoms with Gasteiger partial charge in [0.1, 0.15) is 0 Å². The number of amides is 1. The van der Waals surface area contributed by atoms with Gasteiger partial charge in [-0.25, -0.2) is 0 Å². The van der Waals surface area contributed by atoms with Crippen molar-refractivity contribution in [2.75, 3.05) is 42.9 Å². The standard InChI is InChI=1S/C20H24ClN3O/c1-15-5-3-4-6-18(15)22-20(25)14-23-9-11-24(12-10-23)19-13-17(21)8-7-16(19)2/h3-8,13H,9-12,14H2,1-2H3,(H,22,25). The highest BCUT2D eigenvalue weighted by Gasteiger charge is 2.20. The van der Waals surface area contributed by atoms with Crippen LogP contribution in [-0.4, -0.2) is 43.5 Å². The molecule has 0 spiro atoms. The minimum atomic E-state index is 0.0432. The molecule has 25 heavy (non-hydrogen) atoms. The van der Waals surface area contributed by atoms with Gasteiger partial charge in [-0.15, -0.1) is 0 Å². The second kappa shape index (κ2) is 7.89. The molecule has 0 unspecified atom stereocenters. The van der Waals surface area contributed by atoms with Crippen molar-refractivity contribution in [3.63, 3.8) is 0 Å². The van der Waals surface area contributed by atoms with Gasteiger partial charge < -0.3 is 10.2 Å². The Labute approximate surface area is 154 Å². The van der Waals surface area contributed by atoms with E-state index in [1.807, 2.05) is 43.3 Å². The van der Waals surface area contributed by atoms with Crippen LogP contribution < -0.4 is 10.2 Å². The van der Waals surface area contributed by atoms with E-state index in [9.17, 15) is 4.79 Å². The number of benzene rings is 2. The van der Waals surface area contributed by atoms with E-state index >= 15 is 0 Å². The zero-order chi connectivity index (χ0) is 17.8. The lowest BCUT2D eigenvalue weighted by molar-refractivity contribution is -0.117. The number of rotatable bonds is 4. The lowest BCUT2D eigenvalue weighted by Gasteiger charge is -2.36. The van der Waals surface area contributed by atoms with E-state index in [4.69, 9.17) is 11.6 Å². The third kappa shape index (κ3) is 4.53. The van der Waals surface area contributed by atoms with Crippen LogP contribution in [0.3, 0.4) is 0 Å². The van der Waals surface area contributed by atoms with Crippen LogP contribution in [0, 0.1) is 13.8 Å². The smallest absolute Gasteiger partial charge is 0.238 e. The monoisotopic (exact) mass is 357 g/mol. The van der Waals surface area contributed by atoms with Gasteiger partial charge >= 0.3 is 0 Å². The number of halogens is 1. The zero-order valence-electron chi connectivity index (χ0n) is 14.8. The Balaban J connectivity index is 1.53. The molecule has 1 heterocycles. The first-order chi connectivity index (χ1) is 12.0. The molecule has 132 valence electrons. The third-order valence-electron chi connectivity index (χ3n) is 4.67. The summed E-state index contributed by atoms with van der Waals surface area (Å²) in [6.07, 6.45) is 0. The molecular formula is C20H24ClN3O. The van der Waals surface area contributed by atoms with Gasteiger partial charge in [-0.2, -0.15) is 0 Å². The zero-order valence-corrected chi connectivity index (χ0v) is 15.5. The average Bonchev–Trinajstić information content (AvgIpc) is 2.60. The van der Waals surface area contributed by atoms with E-state index in [0.29, 0.717) is 6.54 Å². The minimum Gasteiger partial charge on any atom is -0.369 e. The van der Waals surface area contributed by atoms with E-state index in [0.717, 1.165) is 42.5 Å². The molecular weight excluding hydrogens is 334 g/mol. The Morgan fingerprint density at radius 3 is 2.48 bits per heavy atom. The molecule has 0 radical (unpaired) electrons. The van der Waals surface area contributed by atoms with Gasteiger partial charge in [0.25, 0.3) is 0 Å². The molecule has 5 heteroatoms. The Morgan fingerprint density at radius 2 is 1.76 bits per heavy atom. The van der Waals surface area contributed by atoms with Crippen molar-refractivity contribution < 1.29 is 4.79 Å². The van der Waals surface area contributed by atoms with Gasteiger partial charge in [-0.1, -0.05) is 35.9 Å². The topological polar surface area (TPSA) is 35.6 Å². The van der Waals surface area contributed by atoms with E-state index in [1.165, 1.54) is 11.3 Å². The molecule has 4 nitrogen and oxygen atoms in total. The van der Waals surface area contributed by atoms with E-state index < -0.39 is 0 Å². The third-order valence-corrected chi connectivity index (χ3v) is 4.91. The maximum absolute atomic E-state index is 12.3. The van der Waals surface area contributed by atoms with Gasteiger partial charge in [0.2, 0.25) is 5.91 Å². The molecule has 1 fully saturated rings. The van der Waals surface area contributed by atoms with Crippen LogP contribution in [0.4, 0.5) is 11.4 Å². The summed E-state index contributed by atoms with van der Waals surface area (Å²) >= 11 is 6.13.